The first kappa shape index (κ1) is 14.8. The van der Waals surface area contributed by atoms with Crippen molar-refractivity contribution in [3.05, 3.63) is 28.8 Å². The average molecular weight is 296 g/mol. The van der Waals surface area contributed by atoms with Crippen molar-refractivity contribution < 1.29 is 9.59 Å². The predicted molar refractivity (Wildman–Crippen MR) is 79.1 cm³/mol. The van der Waals surface area contributed by atoms with E-state index < -0.39 is 0 Å². The van der Waals surface area contributed by atoms with E-state index in [1.807, 2.05) is 0 Å². The summed E-state index contributed by atoms with van der Waals surface area (Å²) in [5.41, 5.74) is 0.983. The number of hydrogen-bond donors (Lipinski definition) is 2. The molecule has 1 aliphatic heterocycles. The number of carbonyl (C=O) groups is 2. The predicted octanol–water partition coefficient (Wildman–Crippen LogP) is 1.59. The molecule has 1 aromatic carbocycles. The van der Waals surface area contributed by atoms with Crippen LogP contribution in [0.25, 0.3) is 0 Å². The molecule has 0 aromatic heterocycles. The van der Waals surface area contributed by atoms with Crippen LogP contribution in [0.5, 0.6) is 0 Å². The maximum atomic E-state index is 11.9. The zero-order valence-corrected chi connectivity index (χ0v) is 12.3. The molecule has 0 saturated carbocycles. The smallest absolute Gasteiger partial charge is 0.253 e. The van der Waals surface area contributed by atoms with Gasteiger partial charge in [0.2, 0.25) is 5.91 Å². The number of rotatable bonds is 4. The highest BCUT2D eigenvalue weighted by Crippen LogP contribution is 2.24. The summed E-state index contributed by atoms with van der Waals surface area (Å²) in [6, 6.07) is 4.89. The molecule has 1 aliphatic rings. The molecule has 0 spiro atoms. The van der Waals surface area contributed by atoms with Gasteiger partial charge in [0.25, 0.3) is 5.91 Å². The summed E-state index contributed by atoms with van der Waals surface area (Å²) in [5, 5.41) is 6.33. The van der Waals surface area contributed by atoms with E-state index in [4.69, 9.17) is 11.6 Å². The molecule has 6 heteroatoms. The first-order valence-corrected chi connectivity index (χ1v) is 6.87. The van der Waals surface area contributed by atoms with E-state index in [0.29, 0.717) is 28.6 Å². The van der Waals surface area contributed by atoms with Gasteiger partial charge in [-0.2, -0.15) is 0 Å². The highest BCUT2D eigenvalue weighted by atomic mass is 35.5. The summed E-state index contributed by atoms with van der Waals surface area (Å²) in [6.45, 7) is 1.75. The Balaban J connectivity index is 2.07. The zero-order valence-electron chi connectivity index (χ0n) is 11.6. The second-order valence-corrected chi connectivity index (χ2v) is 5.58. The molecule has 0 bridgehead atoms. The van der Waals surface area contributed by atoms with Crippen LogP contribution in [0, 0.1) is 5.92 Å². The van der Waals surface area contributed by atoms with Crippen molar-refractivity contribution in [1.82, 2.24) is 10.2 Å². The van der Waals surface area contributed by atoms with E-state index in [0.717, 1.165) is 13.1 Å². The van der Waals surface area contributed by atoms with Crippen LogP contribution in [0.2, 0.25) is 5.02 Å². The quantitative estimate of drug-likeness (QED) is 0.887. The van der Waals surface area contributed by atoms with Crippen LogP contribution in [0.4, 0.5) is 5.69 Å². The molecule has 1 saturated heterocycles. The van der Waals surface area contributed by atoms with E-state index in [9.17, 15) is 9.59 Å². The van der Waals surface area contributed by atoms with E-state index >= 15 is 0 Å². The minimum absolute atomic E-state index is 0.0761. The van der Waals surface area contributed by atoms with Gasteiger partial charge in [-0.25, -0.2) is 0 Å². The molecule has 20 heavy (non-hydrogen) atoms. The Morgan fingerprint density at radius 2 is 2.10 bits per heavy atom. The number of hydrogen-bond acceptors (Lipinski definition) is 3. The van der Waals surface area contributed by atoms with Crippen molar-refractivity contribution in [3.8, 4) is 0 Å². The summed E-state index contributed by atoms with van der Waals surface area (Å²) in [7, 11) is 3.36. The standard InChI is InChI=1S/C14H18ClN3O2/c1-18(2)14(20)10-3-4-11(15)12(6-10)17-13(19)5-9-7-16-8-9/h3-4,6,9,16H,5,7-8H2,1-2H3,(H,17,19). The Labute approximate surface area is 123 Å². The molecule has 0 atom stereocenters. The normalized spacial score (nSPS) is 14.6. The summed E-state index contributed by atoms with van der Waals surface area (Å²) in [6.07, 6.45) is 0.467. The van der Waals surface area contributed by atoms with Crippen molar-refractivity contribution in [1.29, 1.82) is 0 Å². The molecule has 2 rings (SSSR count). The maximum Gasteiger partial charge on any atom is 0.253 e. The fourth-order valence-corrected chi connectivity index (χ4v) is 2.13. The lowest BCUT2D eigenvalue weighted by Crippen LogP contribution is -2.43. The minimum Gasteiger partial charge on any atom is -0.345 e. The van der Waals surface area contributed by atoms with Gasteiger partial charge in [-0.1, -0.05) is 11.6 Å². The Morgan fingerprint density at radius 1 is 1.40 bits per heavy atom. The molecule has 0 unspecified atom stereocenters. The van der Waals surface area contributed by atoms with Crippen molar-refractivity contribution in [2.75, 3.05) is 32.5 Å². The topological polar surface area (TPSA) is 61.4 Å². The van der Waals surface area contributed by atoms with Gasteiger partial charge in [-0.3, -0.25) is 9.59 Å². The fraction of sp³-hybridized carbons (Fsp3) is 0.429. The average Bonchev–Trinajstić information content (AvgIpc) is 2.35. The number of anilines is 1. The molecule has 1 aromatic rings. The van der Waals surface area contributed by atoms with E-state index in [1.165, 1.54) is 4.90 Å². The second-order valence-electron chi connectivity index (χ2n) is 5.17. The summed E-state index contributed by atoms with van der Waals surface area (Å²) in [4.78, 5) is 25.3. The Hall–Kier alpha value is -1.59. The van der Waals surface area contributed by atoms with Crippen molar-refractivity contribution in [2.45, 2.75) is 6.42 Å². The van der Waals surface area contributed by atoms with Gasteiger partial charge in [0.1, 0.15) is 0 Å². The largest absolute Gasteiger partial charge is 0.345 e. The lowest BCUT2D eigenvalue weighted by Gasteiger charge is -2.26. The highest BCUT2D eigenvalue weighted by molar-refractivity contribution is 6.33. The van der Waals surface area contributed by atoms with Gasteiger partial charge in [0.15, 0.2) is 0 Å². The number of halogens is 1. The molecular formula is C14H18ClN3O2. The third-order valence-electron chi connectivity index (χ3n) is 3.23. The molecule has 1 heterocycles. The molecular weight excluding hydrogens is 278 g/mol. The van der Waals surface area contributed by atoms with Crippen molar-refractivity contribution in [3.63, 3.8) is 0 Å². The number of nitrogens with one attached hydrogen (secondary N) is 2. The van der Waals surface area contributed by atoms with Gasteiger partial charge in [-0.15, -0.1) is 0 Å². The lowest BCUT2D eigenvalue weighted by molar-refractivity contribution is -0.117. The summed E-state index contributed by atoms with van der Waals surface area (Å²) >= 11 is 6.06. The van der Waals surface area contributed by atoms with Crippen LogP contribution < -0.4 is 10.6 Å². The Morgan fingerprint density at radius 3 is 2.65 bits per heavy atom. The van der Waals surface area contributed by atoms with Crippen molar-refractivity contribution >= 4 is 29.1 Å². The summed E-state index contributed by atoms with van der Waals surface area (Å²) in [5.74, 6) is 0.188. The first-order chi connectivity index (χ1) is 9.47. The number of benzene rings is 1. The Bertz CT molecular complexity index is 527. The van der Waals surface area contributed by atoms with Crippen LogP contribution in [0.3, 0.4) is 0 Å². The molecule has 2 N–H and O–H groups in total. The van der Waals surface area contributed by atoms with Gasteiger partial charge < -0.3 is 15.5 Å². The van der Waals surface area contributed by atoms with Crippen molar-refractivity contribution in [2.24, 2.45) is 5.92 Å². The molecule has 2 amide bonds. The molecule has 0 aliphatic carbocycles. The number of carbonyl (C=O) groups excluding carboxylic acids is 2. The maximum absolute atomic E-state index is 11.9. The van der Waals surface area contributed by atoms with Gasteiger partial charge >= 0.3 is 0 Å². The summed E-state index contributed by atoms with van der Waals surface area (Å²) < 4.78 is 0. The van der Waals surface area contributed by atoms with Gasteiger partial charge in [0, 0.05) is 26.1 Å². The third-order valence-corrected chi connectivity index (χ3v) is 3.56. The van der Waals surface area contributed by atoms with Gasteiger partial charge in [-0.05, 0) is 37.2 Å². The third kappa shape index (κ3) is 3.49. The van der Waals surface area contributed by atoms with Crippen LogP contribution in [0.15, 0.2) is 18.2 Å². The number of amides is 2. The minimum atomic E-state index is -0.125. The lowest BCUT2D eigenvalue weighted by atomic mass is 9.99. The molecule has 0 radical (unpaired) electrons. The SMILES string of the molecule is CN(C)C(=O)c1ccc(Cl)c(NC(=O)CC2CNC2)c1. The highest BCUT2D eigenvalue weighted by Gasteiger charge is 2.20. The second kappa shape index (κ2) is 6.24. The van der Waals surface area contributed by atoms with E-state index in [-0.39, 0.29) is 11.8 Å². The van der Waals surface area contributed by atoms with E-state index in [1.54, 1.807) is 32.3 Å². The molecule has 1 fully saturated rings. The molecule has 108 valence electrons. The first-order valence-electron chi connectivity index (χ1n) is 6.49. The van der Waals surface area contributed by atoms with Crippen LogP contribution in [-0.2, 0) is 4.79 Å². The van der Waals surface area contributed by atoms with E-state index in [2.05, 4.69) is 10.6 Å². The monoisotopic (exact) mass is 295 g/mol. The fourth-order valence-electron chi connectivity index (χ4n) is 1.97. The van der Waals surface area contributed by atoms with Crippen LogP contribution >= 0.6 is 11.6 Å². The van der Waals surface area contributed by atoms with Crippen LogP contribution in [-0.4, -0.2) is 43.9 Å². The zero-order chi connectivity index (χ0) is 14.7. The van der Waals surface area contributed by atoms with Gasteiger partial charge in [0.05, 0.1) is 10.7 Å². The number of nitrogens with zero attached hydrogens (tertiary/aromatic N) is 1. The molecule has 5 nitrogen and oxygen atoms in total. The van der Waals surface area contributed by atoms with Crippen LogP contribution in [0.1, 0.15) is 16.8 Å². The Kier molecular flexibility index (Phi) is 4.62.